The average molecular weight is 252 g/mol. The second-order valence-corrected chi connectivity index (χ2v) is 6.03. The third-order valence-electron chi connectivity index (χ3n) is 4.53. The lowest BCUT2D eigenvalue weighted by Gasteiger charge is -2.33. The lowest BCUT2D eigenvalue weighted by molar-refractivity contribution is -0.133. The summed E-state index contributed by atoms with van der Waals surface area (Å²) in [5.74, 6) is 1.86. The first kappa shape index (κ1) is 13.9. The molecule has 0 bridgehead atoms. The van der Waals surface area contributed by atoms with Crippen LogP contribution in [0, 0.1) is 11.8 Å². The number of nitrogens with zero attached hydrogens (tertiary/aromatic N) is 1. The van der Waals surface area contributed by atoms with Crippen LogP contribution in [0.2, 0.25) is 0 Å². The van der Waals surface area contributed by atoms with E-state index in [4.69, 9.17) is 0 Å². The molecule has 0 aliphatic carbocycles. The Morgan fingerprint density at radius 3 is 2.61 bits per heavy atom. The Morgan fingerprint density at radius 2 is 2.00 bits per heavy atom. The van der Waals surface area contributed by atoms with Crippen molar-refractivity contribution in [3.63, 3.8) is 0 Å². The maximum atomic E-state index is 12.2. The summed E-state index contributed by atoms with van der Waals surface area (Å²) in [5, 5.41) is 3.40. The van der Waals surface area contributed by atoms with E-state index < -0.39 is 0 Å². The highest BCUT2D eigenvalue weighted by molar-refractivity contribution is 5.76. The van der Waals surface area contributed by atoms with E-state index in [1.807, 2.05) is 0 Å². The molecule has 0 spiro atoms. The van der Waals surface area contributed by atoms with Crippen molar-refractivity contribution in [2.45, 2.75) is 51.9 Å². The summed E-state index contributed by atoms with van der Waals surface area (Å²) in [5.41, 5.74) is 0. The van der Waals surface area contributed by atoms with Gasteiger partial charge in [-0.05, 0) is 50.6 Å². The van der Waals surface area contributed by atoms with Crippen LogP contribution in [-0.2, 0) is 4.79 Å². The van der Waals surface area contributed by atoms with E-state index in [0.717, 1.165) is 38.5 Å². The second-order valence-electron chi connectivity index (χ2n) is 6.03. The van der Waals surface area contributed by atoms with Crippen LogP contribution in [0.4, 0.5) is 0 Å². The molecule has 3 heteroatoms. The SMILES string of the molecule is CCCC1CCN(C(=O)CC2CCCNC2)CC1. The monoisotopic (exact) mass is 252 g/mol. The van der Waals surface area contributed by atoms with Gasteiger partial charge in [-0.3, -0.25) is 4.79 Å². The molecule has 0 saturated carbocycles. The van der Waals surface area contributed by atoms with Gasteiger partial charge in [-0.15, -0.1) is 0 Å². The summed E-state index contributed by atoms with van der Waals surface area (Å²) in [6.45, 7) is 6.44. The number of likely N-dealkylation sites (tertiary alicyclic amines) is 1. The van der Waals surface area contributed by atoms with Crippen LogP contribution in [0.1, 0.15) is 51.9 Å². The molecule has 2 saturated heterocycles. The molecule has 18 heavy (non-hydrogen) atoms. The van der Waals surface area contributed by atoms with E-state index in [0.29, 0.717) is 11.8 Å². The quantitative estimate of drug-likeness (QED) is 0.833. The Hall–Kier alpha value is -0.570. The van der Waals surface area contributed by atoms with Crippen LogP contribution in [0.5, 0.6) is 0 Å². The maximum absolute atomic E-state index is 12.2. The first-order valence-electron chi connectivity index (χ1n) is 7.78. The summed E-state index contributed by atoms with van der Waals surface area (Å²) >= 11 is 0. The highest BCUT2D eigenvalue weighted by Crippen LogP contribution is 2.23. The summed E-state index contributed by atoms with van der Waals surface area (Å²) in [6, 6.07) is 0. The smallest absolute Gasteiger partial charge is 0.222 e. The number of carbonyl (C=O) groups is 1. The van der Waals surface area contributed by atoms with Gasteiger partial charge >= 0.3 is 0 Å². The van der Waals surface area contributed by atoms with Gasteiger partial charge in [0.05, 0.1) is 0 Å². The van der Waals surface area contributed by atoms with E-state index in [9.17, 15) is 4.79 Å². The maximum Gasteiger partial charge on any atom is 0.222 e. The molecule has 0 aromatic rings. The number of rotatable bonds is 4. The highest BCUT2D eigenvalue weighted by Gasteiger charge is 2.24. The Labute approximate surface area is 111 Å². The van der Waals surface area contributed by atoms with Crippen LogP contribution >= 0.6 is 0 Å². The number of piperidine rings is 2. The fraction of sp³-hybridized carbons (Fsp3) is 0.933. The molecule has 2 heterocycles. The second kappa shape index (κ2) is 7.13. The molecular weight excluding hydrogens is 224 g/mol. The lowest BCUT2D eigenvalue weighted by atomic mass is 9.91. The summed E-state index contributed by atoms with van der Waals surface area (Å²) in [4.78, 5) is 14.3. The molecule has 1 unspecified atom stereocenters. The standard InChI is InChI=1S/C15H28N2O/c1-2-4-13-6-9-17(10-7-13)15(18)11-14-5-3-8-16-12-14/h13-14,16H,2-12H2,1H3. The zero-order chi connectivity index (χ0) is 12.8. The van der Waals surface area contributed by atoms with Crippen molar-refractivity contribution < 1.29 is 4.79 Å². The van der Waals surface area contributed by atoms with Crippen molar-refractivity contribution in [2.24, 2.45) is 11.8 Å². The highest BCUT2D eigenvalue weighted by atomic mass is 16.2. The number of hydrogen-bond donors (Lipinski definition) is 1. The molecule has 1 amide bonds. The molecule has 0 radical (unpaired) electrons. The fourth-order valence-corrected chi connectivity index (χ4v) is 3.35. The van der Waals surface area contributed by atoms with Gasteiger partial charge in [0.15, 0.2) is 0 Å². The minimum absolute atomic E-state index is 0.402. The molecule has 3 nitrogen and oxygen atoms in total. The Balaban J connectivity index is 1.70. The van der Waals surface area contributed by atoms with Crippen molar-refractivity contribution in [1.29, 1.82) is 0 Å². The van der Waals surface area contributed by atoms with E-state index in [2.05, 4.69) is 17.1 Å². The van der Waals surface area contributed by atoms with Gasteiger partial charge in [-0.1, -0.05) is 19.8 Å². The Bertz CT molecular complexity index is 253. The predicted octanol–water partition coefficient (Wildman–Crippen LogP) is 2.41. The van der Waals surface area contributed by atoms with Crippen LogP contribution in [0.3, 0.4) is 0 Å². The summed E-state index contributed by atoms with van der Waals surface area (Å²) in [6.07, 6.45) is 8.30. The lowest BCUT2D eigenvalue weighted by Crippen LogP contribution is -2.41. The molecule has 0 aromatic heterocycles. The van der Waals surface area contributed by atoms with E-state index in [1.165, 1.54) is 38.5 Å². The van der Waals surface area contributed by atoms with E-state index in [1.54, 1.807) is 0 Å². The Morgan fingerprint density at radius 1 is 1.22 bits per heavy atom. The van der Waals surface area contributed by atoms with Crippen molar-refractivity contribution in [3.8, 4) is 0 Å². The number of nitrogens with one attached hydrogen (secondary N) is 1. The van der Waals surface area contributed by atoms with Gasteiger partial charge in [0, 0.05) is 19.5 Å². The first-order valence-corrected chi connectivity index (χ1v) is 7.78. The largest absolute Gasteiger partial charge is 0.343 e. The summed E-state index contributed by atoms with van der Waals surface area (Å²) in [7, 11) is 0. The first-order chi connectivity index (χ1) is 8.79. The number of amides is 1. The third kappa shape index (κ3) is 3.98. The molecule has 2 fully saturated rings. The predicted molar refractivity (Wildman–Crippen MR) is 74.4 cm³/mol. The molecule has 1 N–H and O–H groups in total. The molecule has 2 rings (SSSR count). The zero-order valence-electron chi connectivity index (χ0n) is 11.8. The van der Waals surface area contributed by atoms with E-state index in [-0.39, 0.29) is 0 Å². The van der Waals surface area contributed by atoms with Crippen molar-refractivity contribution in [2.75, 3.05) is 26.2 Å². The van der Waals surface area contributed by atoms with Crippen LogP contribution < -0.4 is 5.32 Å². The zero-order valence-corrected chi connectivity index (χ0v) is 11.8. The molecule has 1 atom stereocenters. The molecule has 0 aromatic carbocycles. The van der Waals surface area contributed by atoms with Crippen LogP contribution in [0.15, 0.2) is 0 Å². The van der Waals surface area contributed by atoms with Gasteiger partial charge in [0.25, 0.3) is 0 Å². The van der Waals surface area contributed by atoms with Crippen LogP contribution in [-0.4, -0.2) is 37.0 Å². The third-order valence-corrected chi connectivity index (χ3v) is 4.53. The molecule has 104 valence electrons. The Kier molecular flexibility index (Phi) is 5.48. The van der Waals surface area contributed by atoms with Gasteiger partial charge in [-0.25, -0.2) is 0 Å². The van der Waals surface area contributed by atoms with Gasteiger partial charge in [0.2, 0.25) is 5.91 Å². The van der Waals surface area contributed by atoms with Gasteiger partial charge in [0.1, 0.15) is 0 Å². The van der Waals surface area contributed by atoms with E-state index >= 15 is 0 Å². The fourth-order valence-electron chi connectivity index (χ4n) is 3.35. The molecule has 2 aliphatic heterocycles. The summed E-state index contributed by atoms with van der Waals surface area (Å²) < 4.78 is 0. The number of hydrogen-bond acceptors (Lipinski definition) is 2. The molecular formula is C15H28N2O. The van der Waals surface area contributed by atoms with Gasteiger partial charge in [-0.2, -0.15) is 0 Å². The van der Waals surface area contributed by atoms with Crippen LogP contribution in [0.25, 0.3) is 0 Å². The minimum atomic E-state index is 0.402. The molecule has 2 aliphatic rings. The van der Waals surface area contributed by atoms with Crippen molar-refractivity contribution in [3.05, 3.63) is 0 Å². The average Bonchev–Trinajstić information content (AvgIpc) is 2.41. The minimum Gasteiger partial charge on any atom is -0.343 e. The topological polar surface area (TPSA) is 32.3 Å². The number of carbonyl (C=O) groups excluding carboxylic acids is 1. The van der Waals surface area contributed by atoms with Crippen molar-refractivity contribution in [1.82, 2.24) is 10.2 Å². The normalized spacial score (nSPS) is 26.3. The van der Waals surface area contributed by atoms with Crippen molar-refractivity contribution >= 4 is 5.91 Å². The van der Waals surface area contributed by atoms with Gasteiger partial charge < -0.3 is 10.2 Å².